The van der Waals surface area contributed by atoms with Crippen LogP contribution < -0.4 is 5.73 Å². The van der Waals surface area contributed by atoms with Crippen LogP contribution in [0.3, 0.4) is 0 Å². The zero-order valence-corrected chi connectivity index (χ0v) is 16.3. The van der Waals surface area contributed by atoms with E-state index in [1.807, 2.05) is 0 Å². The van der Waals surface area contributed by atoms with Gasteiger partial charge in [0.15, 0.2) is 0 Å². The largest absolute Gasteiger partial charge is 0.397 e. The maximum absolute atomic E-state index is 14.1. The first-order chi connectivity index (χ1) is 14.5. The van der Waals surface area contributed by atoms with Crippen molar-refractivity contribution in [2.24, 2.45) is 5.92 Å². The van der Waals surface area contributed by atoms with E-state index in [0.717, 1.165) is 24.7 Å². The van der Waals surface area contributed by atoms with E-state index < -0.39 is 11.6 Å². The molecule has 8 heteroatoms. The molecule has 30 heavy (non-hydrogen) atoms. The van der Waals surface area contributed by atoms with Crippen molar-refractivity contribution in [2.75, 3.05) is 18.8 Å². The van der Waals surface area contributed by atoms with Gasteiger partial charge in [0.05, 0.1) is 23.5 Å². The highest BCUT2D eigenvalue weighted by Gasteiger charge is 2.27. The number of halogens is 2. The molecule has 2 N–H and O–H groups in total. The standard InChI is InChI=1S/C22H21F2N5O/c23-15-2-3-16(17(24)11-15)19-5-4-18(25)20(28-19)12-22(30)29-9-6-14(13-29)10-21-26-7-1-8-27-21/h1-5,7-8,11,14H,6,9-10,12-13,25H2. The van der Waals surface area contributed by atoms with Gasteiger partial charge in [0.1, 0.15) is 17.5 Å². The molecule has 3 aromatic rings. The van der Waals surface area contributed by atoms with Gasteiger partial charge in [-0.2, -0.15) is 0 Å². The molecule has 1 amide bonds. The van der Waals surface area contributed by atoms with E-state index in [2.05, 4.69) is 15.0 Å². The maximum Gasteiger partial charge on any atom is 0.228 e. The Morgan fingerprint density at radius 3 is 2.73 bits per heavy atom. The average Bonchev–Trinajstić information content (AvgIpc) is 3.19. The number of aromatic nitrogens is 3. The van der Waals surface area contributed by atoms with E-state index in [-0.39, 0.29) is 17.9 Å². The Morgan fingerprint density at radius 2 is 1.97 bits per heavy atom. The Hall–Kier alpha value is -3.42. The molecule has 1 saturated heterocycles. The summed E-state index contributed by atoms with van der Waals surface area (Å²) in [6, 6.07) is 8.22. The third-order valence-electron chi connectivity index (χ3n) is 5.26. The molecule has 0 bridgehead atoms. The highest BCUT2D eigenvalue weighted by molar-refractivity contribution is 5.80. The molecule has 0 spiro atoms. The summed E-state index contributed by atoms with van der Waals surface area (Å²) < 4.78 is 27.3. The number of anilines is 1. The van der Waals surface area contributed by atoms with Gasteiger partial charge in [-0.1, -0.05) is 0 Å². The molecular weight excluding hydrogens is 388 g/mol. The number of likely N-dealkylation sites (tertiary alicyclic amines) is 1. The minimum atomic E-state index is -0.713. The van der Waals surface area contributed by atoms with Crippen LogP contribution in [0.25, 0.3) is 11.3 Å². The van der Waals surface area contributed by atoms with Crippen LogP contribution in [0.4, 0.5) is 14.5 Å². The number of benzene rings is 1. The highest BCUT2D eigenvalue weighted by Crippen LogP contribution is 2.25. The van der Waals surface area contributed by atoms with Gasteiger partial charge in [0.25, 0.3) is 0 Å². The Balaban J connectivity index is 1.44. The number of nitrogen functional groups attached to an aromatic ring is 1. The van der Waals surface area contributed by atoms with Gasteiger partial charge in [-0.25, -0.2) is 18.7 Å². The molecule has 4 rings (SSSR count). The Labute approximate surface area is 172 Å². The summed E-state index contributed by atoms with van der Waals surface area (Å²) in [7, 11) is 0. The van der Waals surface area contributed by atoms with Crippen molar-refractivity contribution in [3.05, 3.63) is 71.9 Å². The summed E-state index contributed by atoms with van der Waals surface area (Å²) in [5, 5.41) is 0. The Bertz CT molecular complexity index is 1060. The van der Waals surface area contributed by atoms with Crippen LogP contribution in [0.2, 0.25) is 0 Å². The van der Waals surface area contributed by atoms with Crippen molar-refractivity contribution in [2.45, 2.75) is 19.3 Å². The number of hydrogen-bond acceptors (Lipinski definition) is 5. The van der Waals surface area contributed by atoms with Crippen molar-refractivity contribution in [3.8, 4) is 11.3 Å². The van der Waals surface area contributed by atoms with Crippen LogP contribution in [0.5, 0.6) is 0 Å². The van der Waals surface area contributed by atoms with E-state index in [9.17, 15) is 13.6 Å². The predicted molar refractivity (Wildman–Crippen MR) is 108 cm³/mol. The summed E-state index contributed by atoms with van der Waals surface area (Å²) in [5.74, 6) is -0.373. The second-order valence-electron chi connectivity index (χ2n) is 7.40. The highest BCUT2D eigenvalue weighted by atomic mass is 19.1. The summed E-state index contributed by atoms with van der Waals surface area (Å²) >= 11 is 0. The van der Waals surface area contributed by atoms with E-state index in [0.29, 0.717) is 36.1 Å². The average molecular weight is 409 g/mol. The van der Waals surface area contributed by atoms with Crippen LogP contribution in [-0.2, 0) is 17.6 Å². The molecule has 154 valence electrons. The predicted octanol–water partition coefficient (Wildman–Crippen LogP) is 3.03. The molecule has 2 aromatic heterocycles. The van der Waals surface area contributed by atoms with Crippen LogP contribution in [0.15, 0.2) is 48.8 Å². The molecule has 0 radical (unpaired) electrons. The monoisotopic (exact) mass is 409 g/mol. The number of carbonyl (C=O) groups is 1. The Kier molecular flexibility index (Phi) is 5.65. The van der Waals surface area contributed by atoms with E-state index in [1.165, 1.54) is 12.1 Å². The lowest BCUT2D eigenvalue weighted by Gasteiger charge is -2.17. The second kappa shape index (κ2) is 8.52. The lowest BCUT2D eigenvalue weighted by atomic mass is 10.0. The normalized spacial score (nSPS) is 16.1. The summed E-state index contributed by atoms with van der Waals surface area (Å²) in [6.07, 6.45) is 5.06. The first-order valence-corrected chi connectivity index (χ1v) is 9.74. The minimum Gasteiger partial charge on any atom is -0.397 e. The van der Waals surface area contributed by atoms with Crippen molar-refractivity contribution in [1.82, 2.24) is 19.9 Å². The second-order valence-corrected chi connectivity index (χ2v) is 7.40. The molecular formula is C22H21F2N5O. The molecule has 1 atom stereocenters. The van der Waals surface area contributed by atoms with E-state index in [4.69, 9.17) is 5.73 Å². The summed E-state index contributed by atoms with van der Waals surface area (Å²) in [5.41, 5.74) is 7.22. The smallest absolute Gasteiger partial charge is 0.228 e. The zero-order valence-electron chi connectivity index (χ0n) is 16.3. The summed E-state index contributed by atoms with van der Waals surface area (Å²) in [6.45, 7) is 1.28. The number of carbonyl (C=O) groups excluding carboxylic acids is 1. The third-order valence-corrected chi connectivity index (χ3v) is 5.26. The fraction of sp³-hybridized carbons (Fsp3) is 0.273. The number of nitrogens with zero attached hydrogens (tertiary/aromatic N) is 4. The van der Waals surface area contributed by atoms with Crippen LogP contribution in [0, 0.1) is 17.6 Å². The number of pyridine rings is 1. The van der Waals surface area contributed by atoms with Crippen molar-refractivity contribution in [3.63, 3.8) is 0 Å². The number of rotatable bonds is 5. The van der Waals surface area contributed by atoms with E-state index in [1.54, 1.807) is 35.5 Å². The van der Waals surface area contributed by atoms with Crippen LogP contribution >= 0.6 is 0 Å². The van der Waals surface area contributed by atoms with E-state index >= 15 is 0 Å². The lowest BCUT2D eigenvalue weighted by Crippen LogP contribution is -2.31. The van der Waals surface area contributed by atoms with Gasteiger partial charge < -0.3 is 10.6 Å². The Morgan fingerprint density at radius 1 is 1.17 bits per heavy atom. The van der Waals surface area contributed by atoms with Gasteiger partial charge in [-0.05, 0) is 42.7 Å². The van der Waals surface area contributed by atoms with Gasteiger partial charge in [0.2, 0.25) is 5.91 Å². The van der Waals surface area contributed by atoms with Crippen molar-refractivity contribution < 1.29 is 13.6 Å². The quantitative estimate of drug-likeness (QED) is 0.700. The molecule has 1 fully saturated rings. The molecule has 1 unspecified atom stereocenters. The molecule has 1 aliphatic rings. The zero-order chi connectivity index (χ0) is 21.1. The topological polar surface area (TPSA) is 85.0 Å². The molecule has 6 nitrogen and oxygen atoms in total. The van der Waals surface area contributed by atoms with Gasteiger partial charge >= 0.3 is 0 Å². The first kappa shape index (κ1) is 19.9. The third kappa shape index (κ3) is 4.42. The minimum absolute atomic E-state index is 0.0248. The van der Waals surface area contributed by atoms with Crippen molar-refractivity contribution >= 4 is 11.6 Å². The first-order valence-electron chi connectivity index (χ1n) is 9.74. The molecule has 0 saturated carbocycles. The van der Waals surface area contributed by atoms with Crippen LogP contribution in [-0.4, -0.2) is 38.8 Å². The number of amides is 1. The van der Waals surface area contributed by atoms with Crippen molar-refractivity contribution in [1.29, 1.82) is 0 Å². The van der Waals surface area contributed by atoms with Crippen LogP contribution in [0.1, 0.15) is 17.9 Å². The fourth-order valence-electron chi connectivity index (χ4n) is 3.68. The van der Waals surface area contributed by atoms with Gasteiger partial charge in [0, 0.05) is 43.5 Å². The molecule has 1 aromatic carbocycles. The van der Waals surface area contributed by atoms with Gasteiger partial charge in [-0.3, -0.25) is 9.78 Å². The fourth-order valence-corrected chi connectivity index (χ4v) is 3.68. The number of hydrogen-bond donors (Lipinski definition) is 1. The molecule has 0 aliphatic carbocycles. The number of nitrogens with two attached hydrogens (primary N) is 1. The molecule has 1 aliphatic heterocycles. The summed E-state index contributed by atoms with van der Waals surface area (Å²) in [4.78, 5) is 27.5. The lowest BCUT2D eigenvalue weighted by molar-refractivity contribution is -0.129. The molecule has 3 heterocycles. The maximum atomic E-state index is 14.1. The SMILES string of the molecule is Nc1ccc(-c2ccc(F)cc2F)nc1CC(=O)N1CCC(Cc2ncccn2)C1. The van der Waals surface area contributed by atoms with Gasteiger partial charge in [-0.15, -0.1) is 0 Å².